The third kappa shape index (κ3) is 5.66. The number of halogens is 1. The van der Waals surface area contributed by atoms with Gasteiger partial charge in [0.25, 0.3) is 0 Å². The first kappa shape index (κ1) is 14.7. The molecule has 0 aromatic heterocycles. The molecule has 0 bridgehead atoms. The second-order valence-electron chi connectivity index (χ2n) is 4.51. The van der Waals surface area contributed by atoms with Crippen molar-refractivity contribution < 1.29 is 0 Å². The van der Waals surface area contributed by atoms with Crippen LogP contribution in [0.1, 0.15) is 44.6 Å². The molecule has 96 valence electrons. The van der Waals surface area contributed by atoms with Gasteiger partial charge in [0, 0.05) is 10.5 Å². The van der Waals surface area contributed by atoms with Crippen molar-refractivity contribution >= 4 is 15.9 Å². The van der Waals surface area contributed by atoms with Gasteiger partial charge in [0.15, 0.2) is 0 Å². The molecule has 3 heteroatoms. The first-order chi connectivity index (χ1) is 8.27. The van der Waals surface area contributed by atoms with Crippen molar-refractivity contribution in [3.8, 4) is 0 Å². The van der Waals surface area contributed by atoms with E-state index in [1.54, 1.807) is 0 Å². The Morgan fingerprint density at radius 3 is 2.65 bits per heavy atom. The van der Waals surface area contributed by atoms with Gasteiger partial charge < -0.3 is 0 Å². The third-order valence-electron chi connectivity index (χ3n) is 3.07. The maximum atomic E-state index is 5.62. The molecule has 0 radical (unpaired) electrons. The summed E-state index contributed by atoms with van der Waals surface area (Å²) in [6, 6.07) is 8.73. The van der Waals surface area contributed by atoms with E-state index in [2.05, 4.69) is 46.5 Å². The highest BCUT2D eigenvalue weighted by molar-refractivity contribution is 9.10. The summed E-state index contributed by atoms with van der Waals surface area (Å²) < 4.78 is 1.17. The number of hydrogen-bond acceptors (Lipinski definition) is 2. The second-order valence-corrected chi connectivity index (χ2v) is 5.36. The second kappa shape index (κ2) is 8.67. The fourth-order valence-corrected chi connectivity index (χ4v) is 2.44. The van der Waals surface area contributed by atoms with Crippen LogP contribution in [0.5, 0.6) is 0 Å². The van der Waals surface area contributed by atoms with Gasteiger partial charge in [0.05, 0.1) is 0 Å². The summed E-state index contributed by atoms with van der Waals surface area (Å²) in [5.41, 5.74) is 4.26. The number of rotatable bonds is 8. The van der Waals surface area contributed by atoms with E-state index in [-0.39, 0.29) is 0 Å². The van der Waals surface area contributed by atoms with E-state index in [4.69, 9.17) is 5.84 Å². The van der Waals surface area contributed by atoms with E-state index in [1.165, 1.54) is 35.7 Å². The van der Waals surface area contributed by atoms with Crippen molar-refractivity contribution in [1.82, 2.24) is 5.43 Å². The van der Waals surface area contributed by atoms with Crippen LogP contribution in [0.2, 0.25) is 0 Å². The molecule has 17 heavy (non-hydrogen) atoms. The van der Waals surface area contributed by atoms with Crippen LogP contribution in [0, 0.1) is 0 Å². The number of nitrogens with two attached hydrogens (primary N) is 1. The third-order valence-corrected chi connectivity index (χ3v) is 3.84. The minimum Gasteiger partial charge on any atom is -0.271 e. The SMILES string of the molecule is CCCCCCC(Cc1ccccc1Br)NN. The Hall–Kier alpha value is -0.380. The monoisotopic (exact) mass is 298 g/mol. The van der Waals surface area contributed by atoms with Crippen LogP contribution < -0.4 is 11.3 Å². The molecule has 3 N–H and O–H groups in total. The Bertz CT molecular complexity index is 315. The highest BCUT2D eigenvalue weighted by Gasteiger charge is 2.09. The summed E-state index contributed by atoms with van der Waals surface area (Å²) in [6.45, 7) is 2.24. The molecule has 2 nitrogen and oxygen atoms in total. The van der Waals surface area contributed by atoms with Crippen LogP contribution in [-0.2, 0) is 6.42 Å². The maximum Gasteiger partial charge on any atom is 0.0251 e. The van der Waals surface area contributed by atoms with E-state index >= 15 is 0 Å². The molecule has 0 heterocycles. The minimum absolute atomic E-state index is 0.380. The van der Waals surface area contributed by atoms with Crippen molar-refractivity contribution in [2.75, 3.05) is 0 Å². The van der Waals surface area contributed by atoms with Crippen molar-refractivity contribution in [2.24, 2.45) is 5.84 Å². The van der Waals surface area contributed by atoms with Gasteiger partial charge in [-0.3, -0.25) is 11.3 Å². The lowest BCUT2D eigenvalue weighted by atomic mass is 10.0. The molecule has 0 amide bonds. The number of unbranched alkanes of at least 4 members (excludes halogenated alkanes) is 3. The van der Waals surface area contributed by atoms with E-state index in [1.807, 2.05) is 6.07 Å². The predicted molar refractivity (Wildman–Crippen MR) is 77.7 cm³/mol. The van der Waals surface area contributed by atoms with E-state index in [0.29, 0.717) is 6.04 Å². The molecule has 1 atom stereocenters. The molecular weight excluding hydrogens is 276 g/mol. The average molecular weight is 299 g/mol. The zero-order chi connectivity index (χ0) is 12.5. The largest absolute Gasteiger partial charge is 0.271 e. The lowest BCUT2D eigenvalue weighted by Gasteiger charge is -2.16. The lowest BCUT2D eigenvalue weighted by Crippen LogP contribution is -2.36. The molecule has 0 spiro atoms. The highest BCUT2D eigenvalue weighted by Crippen LogP contribution is 2.19. The highest BCUT2D eigenvalue weighted by atomic mass is 79.9. The summed E-state index contributed by atoms with van der Waals surface area (Å²) in [5.74, 6) is 5.62. The Labute approximate surface area is 113 Å². The summed E-state index contributed by atoms with van der Waals surface area (Å²) in [7, 11) is 0. The average Bonchev–Trinajstić information content (AvgIpc) is 2.35. The van der Waals surface area contributed by atoms with Crippen molar-refractivity contribution in [3.05, 3.63) is 34.3 Å². The van der Waals surface area contributed by atoms with E-state index in [0.717, 1.165) is 12.8 Å². The molecule has 1 aromatic carbocycles. The van der Waals surface area contributed by atoms with Gasteiger partial charge in [-0.25, -0.2) is 0 Å². The van der Waals surface area contributed by atoms with Crippen LogP contribution >= 0.6 is 15.9 Å². The van der Waals surface area contributed by atoms with Gasteiger partial charge in [-0.2, -0.15) is 0 Å². The van der Waals surface area contributed by atoms with Crippen LogP contribution in [0.4, 0.5) is 0 Å². The zero-order valence-corrected chi connectivity index (χ0v) is 12.2. The first-order valence-electron chi connectivity index (χ1n) is 6.47. The summed E-state index contributed by atoms with van der Waals surface area (Å²) >= 11 is 3.58. The van der Waals surface area contributed by atoms with Gasteiger partial charge in [-0.15, -0.1) is 0 Å². The smallest absolute Gasteiger partial charge is 0.0251 e. The van der Waals surface area contributed by atoms with Crippen molar-refractivity contribution in [1.29, 1.82) is 0 Å². The van der Waals surface area contributed by atoms with Crippen molar-refractivity contribution in [3.63, 3.8) is 0 Å². The molecule has 0 aliphatic rings. The Kier molecular flexibility index (Phi) is 7.49. The molecule has 0 aliphatic carbocycles. The van der Waals surface area contributed by atoms with Gasteiger partial charge in [0.2, 0.25) is 0 Å². The van der Waals surface area contributed by atoms with E-state index in [9.17, 15) is 0 Å². The quantitative estimate of drug-likeness (QED) is 0.435. The number of benzene rings is 1. The first-order valence-corrected chi connectivity index (χ1v) is 7.26. The Balaban J connectivity index is 2.38. The Morgan fingerprint density at radius 1 is 1.24 bits per heavy atom. The van der Waals surface area contributed by atoms with Gasteiger partial charge >= 0.3 is 0 Å². The predicted octanol–water partition coefficient (Wildman–Crippen LogP) is 3.79. The molecule has 0 aliphatic heterocycles. The van der Waals surface area contributed by atoms with Gasteiger partial charge in [-0.1, -0.05) is 66.7 Å². The molecule has 1 unspecified atom stereocenters. The van der Waals surface area contributed by atoms with Crippen LogP contribution in [0.25, 0.3) is 0 Å². The molecule has 1 rings (SSSR count). The topological polar surface area (TPSA) is 38.0 Å². The normalized spacial score (nSPS) is 12.6. The maximum absolute atomic E-state index is 5.62. The molecule has 0 saturated carbocycles. The fourth-order valence-electron chi connectivity index (χ4n) is 1.99. The summed E-state index contributed by atoms with van der Waals surface area (Å²) in [5, 5.41) is 0. The minimum atomic E-state index is 0.380. The molecular formula is C14H23BrN2. The molecule has 1 aromatic rings. The zero-order valence-electron chi connectivity index (χ0n) is 10.6. The molecule has 0 saturated heterocycles. The van der Waals surface area contributed by atoms with Crippen LogP contribution in [0.15, 0.2) is 28.7 Å². The fraction of sp³-hybridized carbons (Fsp3) is 0.571. The summed E-state index contributed by atoms with van der Waals surface area (Å²) in [6.07, 6.45) is 7.32. The van der Waals surface area contributed by atoms with Gasteiger partial charge in [-0.05, 0) is 24.5 Å². The summed E-state index contributed by atoms with van der Waals surface area (Å²) in [4.78, 5) is 0. The lowest BCUT2D eigenvalue weighted by molar-refractivity contribution is 0.462. The van der Waals surface area contributed by atoms with Crippen LogP contribution in [0.3, 0.4) is 0 Å². The number of nitrogens with one attached hydrogen (secondary N) is 1. The van der Waals surface area contributed by atoms with E-state index < -0.39 is 0 Å². The molecule has 0 fully saturated rings. The van der Waals surface area contributed by atoms with Gasteiger partial charge in [0.1, 0.15) is 0 Å². The number of hydrazine groups is 1. The van der Waals surface area contributed by atoms with Crippen LogP contribution in [-0.4, -0.2) is 6.04 Å². The number of hydrogen-bond donors (Lipinski definition) is 2. The Morgan fingerprint density at radius 2 is 2.00 bits per heavy atom. The van der Waals surface area contributed by atoms with Crippen molar-refractivity contribution in [2.45, 2.75) is 51.5 Å². The standard InChI is InChI=1S/C14H23BrN2/c1-2-3-4-5-9-13(17-16)11-12-8-6-7-10-14(12)15/h6-8,10,13,17H,2-5,9,11,16H2,1H3.